The van der Waals surface area contributed by atoms with Crippen LogP contribution in [-0.2, 0) is 33.3 Å². The molecule has 2 saturated heterocycles. The number of rotatable bonds is 11. The number of ether oxygens (including phenoxy) is 6. The lowest BCUT2D eigenvalue weighted by molar-refractivity contribution is -0.203. The summed E-state index contributed by atoms with van der Waals surface area (Å²) in [5.74, 6) is -5.90. The molecule has 1 aromatic carbocycles. The molecule has 6 rings (SSSR count). The van der Waals surface area contributed by atoms with E-state index in [1.165, 1.54) is 56.2 Å². The zero-order valence-electron chi connectivity index (χ0n) is 28.0. The maximum Gasteiger partial charge on any atom is 0.316 e. The number of thioether (sulfide) groups is 1. The Morgan fingerprint density at radius 2 is 1.62 bits per heavy atom. The summed E-state index contributed by atoms with van der Waals surface area (Å²) in [5.41, 5.74) is -0.104. The van der Waals surface area contributed by atoms with E-state index in [0.29, 0.717) is 11.3 Å². The fraction of sp³-hybridized carbons (Fsp3) is 0.484. The van der Waals surface area contributed by atoms with E-state index in [0.717, 1.165) is 23.9 Å². The Morgan fingerprint density at radius 3 is 2.25 bits per heavy atom. The number of halogens is 3. The number of methoxy groups -OCH3 is 3. The Labute approximate surface area is 297 Å². The summed E-state index contributed by atoms with van der Waals surface area (Å²) in [4.78, 5) is 33.1. The van der Waals surface area contributed by atoms with E-state index in [4.69, 9.17) is 28.4 Å². The van der Waals surface area contributed by atoms with Gasteiger partial charge in [0.15, 0.2) is 23.6 Å². The van der Waals surface area contributed by atoms with Crippen molar-refractivity contribution in [2.45, 2.75) is 60.5 Å². The number of benzene rings is 1. The summed E-state index contributed by atoms with van der Waals surface area (Å²) in [6.07, 6.45) is 1.21. The molecular weight excluding hydrogens is 717 g/mol. The summed E-state index contributed by atoms with van der Waals surface area (Å²) in [7, 11) is 4.01. The van der Waals surface area contributed by atoms with Crippen LogP contribution in [-0.4, -0.2) is 127 Å². The first-order chi connectivity index (χ1) is 25.0. The topological polar surface area (TPSA) is 197 Å². The van der Waals surface area contributed by atoms with Gasteiger partial charge in [0.1, 0.15) is 41.1 Å². The maximum absolute atomic E-state index is 14.1. The number of hydrogen-bond acceptors (Lipinski definition) is 16. The summed E-state index contributed by atoms with van der Waals surface area (Å²) in [5, 5.41) is 27.5. The van der Waals surface area contributed by atoms with Crippen molar-refractivity contribution < 1.29 is 56.3 Å². The van der Waals surface area contributed by atoms with Gasteiger partial charge in [-0.1, -0.05) is 10.4 Å². The standard InChI is InChI=1S/C31H33F3N8O9S/c1-14(43)50-28-22(7-24(44)46-2)51-30(29(47-3)26(28)42-11-19(37-40-42)15-5-17(32)25(34)18(33)6-15)52-23-13-49-12-21(27(23)45)41-10-20(38-39-41)16-8-35-31(48-4)36-9-16/h5-6,8-11,21-23,26-30,45H,7,12-13H2,1-4H3/t21-,22+,23+,26-,27+,28-,29+,30-/m0/s1. The van der Waals surface area contributed by atoms with Crippen LogP contribution < -0.4 is 4.74 Å². The number of hydrogen-bond donors (Lipinski definition) is 1. The van der Waals surface area contributed by atoms with Crippen LogP contribution in [0.1, 0.15) is 25.4 Å². The van der Waals surface area contributed by atoms with E-state index in [1.807, 2.05) is 0 Å². The molecule has 0 saturated carbocycles. The smallest absolute Gasteiger partial charge is 0.316 e. The van der Waals surface area contributed by atoms with Crippen LogP contribution in [0.25, 0.3) is 22.5 Å². The van der Waals surface area contributed by atoms with Crippen LogP contribution in [0.3, 0.4) is 0 Å². The van der Waals surface area contributed by atoms with Crippen molar-refractivity contribution in [1.82, 2.24) is 40.0 Å². The minimum atomic E-state index is -1.65. The molecule has 2 aliphatic rings. The second kappa shape index (κ2) is 15.9. The van der Waals surface area contributed by atoms with Crippen molar-refractivity contribution in [1.29, 1.82) is 0 Å². The number of carbonyl (C=O) groups is 2. The molecule has 17 nitrogen and oxygen atoms in total. The number of carbonyl (C=O) groups excluding carboxylic acids is 2. The highest BCUT2D eigenvalue weighted by atomic mass is 32.2. The van der Waals surface area contributed by atoms with E-state index in [-0.39, 0.29) is 36.9 Å². The van der Waals surface area contributed by atoms with Gasteiger partial charge < -0.3 is 33.5 Å². The summed E-state index contributed by atoms with van der Waals surface area (Å²) >= 11 is 1.14. The molecule has 3 aromatic heterocycles. The van der Waals surface area contributed by atoms with E-state index >= 15 is 0 Å². The summed E-state index contributed by atoms with van der Waals surface area (Å²) < 4.78 is 78.3. The van der Waals surface area contributed by atoms with Crippen molar-refractivity contribution in [3.8, 4) is 28.5 Å². The van der Waals surface area contributed by atoms with Gasteiger partial charge in [0, 0.05) is 37.6 Å². The van der Waals surface area contributed by atoms with Gasteiger partial charge in [0.05, 0.1) is 57.6 Å². The first-order valence-electron chi connectivity index (χ1n) is 15.7. The van der Waals surface area contributed by atoms with Crippen LogP contribution >= 0.6 is 11.8 Å². The molecule has 0 radical (unpaired) electrons. The van der Waals surface area contributed by atoms with Crippen molar-refractivity contribution in [3.05, 3.63) is 54.4 Å². The Balaban J connectivity index is 1.29. The van der Waals surface area contributed by atoms with Gasteiger partial charge in [0.25, 0.3) is 0 Å². The highest BCUT2D eigenvalue weighted by Crippen LogP contribution is 2.43. The molecule has 0 bridgehead atoms. The molecule has 0 amide bonds. The first kappa shape index (κ1) is 37.1. The quantitative estimate of drug-likeness (QED) is 0.172. The second-order valence-corrected chi connectivity index (χ2v) is 13.1. The molecule has 0 aliphatic carbocycles. The van der Waals surface area contributed by atoms with Crippen molar-refractivity contribution in [2.24, 2.45) is 0 Å². The molecule has 52 heavy (non-hydrogen) atoms. The average molecular weight is 751 g/mol. The van der Waals surface area contributed by atoms with Gasteiger partial charge in [0.2, 0.25) is 0 Å². The molecule has 2 fully saturated rings. The minimum absolute atomic E-state index is 0.0400. The number of aliphatic hydroxyl groups excluding tert-OH is 1. The number of aliphatic hydroxyl groups is 1. The highest BCUT2D eigenvalue weighted by molar-refractivity contribution is 8.00. The molecule has 21 heteroatoms. The normalized spacial score (nSPS) is 26.2. The van der Waals surface area contributed by atoms with Gasteiger partial charge in [-0.15, -0.1) is 22.0 Å². The maximum atomic E-state index is 14.1. The molecule has 2 aliphatic heterocycles. The fourth-order valence-electron chi connectivity index (χ4n) is 5.96. The van der Waals surface area contributed by atoms with E-state index < -0.39 is 76.6 Å². The Bertz CT molecular complexity index is 1860. The monoisotopic (exact) mass is 750 g/mol. The van der Waals surface area contributed by atoms with Crippen LogP contribution in [0, 0.1) is 17.5 Å². The van der Waals surface area contributed by atoms with Crippen LogP contribution in [0.5, 0.6) is 6.01 Å². The molecule has 8 atom stereocenters. The van der Waals surface area contributed by atoms with Gasteiger partial charge in [-0.3, -0.25) is 9.59 Å². The van der Waals surface area contributed by atoms with Gasteiger partial charge in [-0.25, -0.2) is 32.5 Å². The third-order valence-electron chi connectivity index (χ3n) is 8.49. The summed E-state index contributed by atoms with van der Waals surface area (Å²) in [6, 6.07) is -0.0217. The number of esters is 2. The molecular formula is C31H33F3N8O9S. The van der Waals surface area contributed by atoms with E-state index in [2.05, 4.69) is 30.6 Å². The fourth-order valence-corrected chi connectivity index (χ4v) is 7.46. The van der Waals surface area contributed by atoms with Gasteiger partial charge in [-0.05, 0) is 12.1 Å². The Kier molecular flexibility index (Phi) is 11.3. The lowest BCUT2D eigenvalue weighted by Gasteiger charge is -2.46. The van der Waals surface area contributed by atoms with Crippen LogP contribution in [0.15, 0.2) is 36.9 Å². The third kappa shape index (κ3) is 7.72. The zero-order valence-corrected chi connectivity index (χ0v) is 28.9. The predicted octanol–water partition coefficient (Wildman–Crippen LogP) is 1.93. The van der Waals surface area contributed by atoms with Crippen LogP contribution in [0.2, 0.25) is 0 Å². The van der Waals surface area contributed by atoms with E-state index in [9.17, 15) is 27.9 Å². The average Bonchev–Trinajstić information content (AvgIpc) is 3.83. The summed E-state index contributed by atoms with van der Waals surface area (Å²) in [6.45, 7) is 1.36. The Morgan fingerprint density at radius 1 is 0.962 bits per heavy atom. The molecule has 0 unspecified atom stereocenters. The largest absolute Gasteiger partial charge is 0.469 e. The van der Waals surface area contributed by atoms with E-state index in [1.54, 1.807) is 6.20 Å². The van der Waals surface area contributed by atoms with Crippen LogP contribution in [0.4, 0.5) is 13.2 Å². The van der Waals surface area contributed by atoms with Crippen molar-refractivity contribution in [3.63, 3.8) is 0 Å². The first-order valence-corrected chi connectivity index (χ1v) is 16.6. The molecule has 4 aromatic rings. The Hall–Kier alpha value is -4.70. The highest BCUT2D eigenvalue weighted by Gasteiger charge is 2.52. The van der Waals surface area contributed by atoms with Crippen molar-refractivity contribution >= 4 is 23.7 Å². The molecule has 5 heterocycles. The third-order valence-corrected chi connectivity index (χ3v) is 9.91. The minimum Gasteiger partial charge on any atom is -0.469 e. The lowest BCUT2D eigenvalue weighted by Crippen LogP contribution is -2.57. The van der Waals surface area contributed by atoms with Gasteiger partial charge in [-0.2, -0.15) is 0 Å². The molecule has 278 valence electrons. The zero-order chi connectivity index (χ0) is 37.1. The number of nitrogens with zero attached hydrogens (tertiary/aromatic N) is 8. The number of aromatic nitrogens is 8. The second-order valence-electron chi connectivity index (χ2n) is 11.7. The SMILES string of the molecule is COC(=O)C[C@H]1O[C@@H](S[C@@H]2COC[C@H](n3cc(-c4cnc(OC)nc4)nn3)[C@H]2O)[C@H](OC)[C@@H](n2cc(-c3cc(F)c(F)c(F)c3)nn2)[C@H]1OC(C)=O. The lowest BCUT2D eigenvalue weighted by atomic mass is 9.94. The van der Waals surface area contributed by atoms with Crippen molar-refractivity contribution in [2.75, 3.05) is 34.5 Å². The molecule has 0 spiro atoms. The predicted molar refractivity (Wildman–Crippen MR) is 171 cm³/mol. The molecule has 1 N–H and O–H groups in total. The van der Waals surface area contributed by atoms with Gasteiger partial charge >= 0.3 is 17.9 Å².